The first kappa shape index (κ1) is 26.2. The second kappa shape index (κ2) is 11.3. The summed E-state index contributed by atoms with van der Waals surface area (Å²) in [6.07, 6.45) is 6.25. The zero-order chi connectivity index (χ0) is 24.9. The van der Waals surface area contributed by atoms with Crippen molar-refractivity contribution in [3.05, 3.63) is 64.7 Å². The molecule has 2 N–H and O–H groups in total. The SMILES string of the molecule is C=CC1=C(/C=C\CNC(=O)[C@H]2CC(OC)CN2C(=O)Nc2ccc(Br)cc2)CN(C)CC1(C)C. The molecular formula is C26H35BrN4O3. The number of likely N-dealkylation sites (tertiary alicyclic amines) is 1. The Labute approximate surface area is 211 Å². The van der Waals surface area contributed by atoms with Gasteiger partial charge < -0.3 is 25.2 Å². The van der Waals surface area contributed by atoms with E-state index in [9.17, 15) is 9.59 Å². The molecule has 2 heterocycles. The summed E-state index contributed by atoms with van der Waals surface area (Å²) in [5.74, 6) is -0.186. The third kappa shape index (κ3) is 6.37. The molecule has 1 unspecified atom stereocenters. The van der Waals surface area contributed by atoms with Crippen LogP contribution in [0.3, 0.4) is 0 Å². The zero-order valence-electron chi connectivity index (χ0n) is 20.4. The van der Waals surface area contributed by atoms with Crippen LogP contribution in [-0.2, 0) is 9.53 Å². The molecule has 3 rings (SSSR count). The Bertz CT molecular complexity index is 971. The quantitative estimate of drug-likeness (QED) is 0.554. The van der Waals surface area contributed by atoms with Crippen LogP contribution in [0.15, 0.2) is 64.7 Å². The highest BCUT2D eigenvalue weighted by Gasteiger charge is 2.39. The van der Waals surface area contributed by atoms with Crippen LogP contribution in [0.25, 0.3) is 0 Å². The zero-order valence-corrected chi connectivity index (χ0v) is 22.0. The van der Waals surface area contributed by atoms with Gasteiger partial charge in [-0.2, -0.15) is 0 Å². The van der Waals surface area contributed by atoms with Crippen molar-refractivity contribution >= 4 is 33.6 Å². The maximum atomic E-state index is 13.0. The first-order chi connectivity index (χ1) is 16.1. The monoisotopic (exact) mass is 530 g/mol. The number of carbonyl (C=O) groups is 2. The van der Waals surface area contributed by atoms with Gasteiger partial charge >= 0.3 is 6.03 Å². The molecular weight excluding hydrogens is 496 g/mol. The molecule has 2 aliphatic heterocycles. The number of halogens is 1. The molecule has 0 radical (unpaired) electrons. The number of methoxy groups -OCH3 is 1. The van der Waals surface area contributed by atoms with Crippen LogP contribution < -0.4 is 10.6 Å². The molecule has 0 saturated carbocycles. The molecule has 0 aliphatic carbocycles. The van der Waals surface area contributed by atoms with Crippen molar-refractivity contribution in [2.45, 2.75) is 32.4 Å². The summed E-state index contributed by atoms with van der Waals surface area (Å²) in [6.45, 7) is 11.0. The Kier molecular flexibility index (Phi) is 8.73. The van der Waals surface area contributed by atoms with E-state index in [0.29, 0.717) is 25.2 Å². The Morgan fingerprint density at radius 3 is 2.65 bits per heavy atom. The molecule has 2 atom stereocenters. The number of ether oxygens (including phenoxy) is 1. The maximum Gasteiger partial charge on any atom is 0.322 e. The molecule has 184 valence electrons. The van der Waals surface area contributed by atoms with E-state index in [1.807, 2.05) is 36.4 Å². The van der Waals surface area contributed by atoms with E-state index in [1.165, 1.54) is 11.1 Å². The van der Waals surface area contributed by atoms with Gasteiger partial charge in [0, 0.05) is 55.3 Å². The fourth-order valence-electron chi connectivity index (χ4n) is 4.82. The molecule has 0 aromatic heterocycles. The highest BCUT2D eigenvalue weighted by Crippen LogP contribution is 2.35. The summed E-state index contributed by atoms with van der Waals surface area (Å²) < 4.78 is 6.38. The van der Waals surface area contributed by atoms with Crippen molar-refractivity contribution in [1.29, 1.82) is 0 Å². The lowest BCUT2D eigenvalue weighted by Crippen LogP contribution is -2.47. The molecule has 1 aromatic carbocycles. The van der Waals surface area contributed by atoms with E-state index in [1.54, 1.807) is 12.0 Å². The van der Waals surface area contributed by atoms with E-state index < -0.39 is 6.04 Å². The van der Waals surface area contributed by atoms with Crippen LogP contribution in [0.2, 0.25) is 0 Å². The molecule has 3 amide bonds. The van der Waals surface area contributed by atoms with Crippen molar-refractivity contribution in [3.8, 4) is 0 Å². The van der Waals surface area contributed by atoms with Gasteiger partial charge in [-0.25, -0.2) is 4.79 Å². The van der Waals surface area contributed by atoms with Crippen molar-refractivity contribution in [2.75, 3.05) is 45.7 Å². The summed E-state index contributed by atoms with van der Waals surface area (Å²) >= 11 is 3.39. The fourth-order valence-corrected chi connectivity index (χ4v) is 5.09. The van der Waals surface area contributed by atoms with Gasteiger partial charge in [0.1, 0.15) is 6.04 Å². The van der Waals surface area contributed by atoms with Gasteiger partial charge in [0.2, 0.25) is 5.91 Å². The van der Waals surface area contributed by atoms with E-state index in [0.717, 1.165) is 17.6 Å². The Morgan fingerprint density at radius 1 is 1.29 bits per heavy atom. The number of carbonyl (C=O) groups excluding carboxylic acids is 2. The summed E-state index contributed by atoms with van der Waals surface area (Å²) in [7, 11) is 3.71. The normalized spacial score (nSPS) is 22.8. The highest BCUT2D eigenvalue weighted by molar-refractivity contribution is 9.10. The van der Waals surface area contributed by atoms with Crippen molar-refractivity contribution < 1.29 is 14.3 Å². The third-order valence-corrected chi connectivity index (χ3v) is 6.88. The summed E-state index contributed by atoms with van der Waals surface area (Å²) in [5.41, 5.74) is 3.14. The number of hydrogen-bond acceptors (Lipinski definition) is 4. The summed E-state index contributed by atoms with van der Waals surface area (Å²) in [6, 6.07) is 6.42. The molecule has 1 aromatic rings. The minimum absolute atomic E-state index is 0.0272. The topological polar surface area (TPSA) is 73.9 Å². The van der Waals surface area contributed by atoms with Gasteiger partial charge in [-0.15, -0.1) is 0 Å². The van der Waals surface area contributed by atoms with Crippen LogP contribution in [0.1, 0.15) is 20.3 Å². The molecule has 0 spiro atoms. The number of urea groups is 1. The number of likely N-dealkylation sites (N-methyl/N-ethyl adjacent to an activating group) is 1. The van der Waals surface area contributed by atoms with Gasteiger partial charge in [0.25, 0.3) is 0 Å². The Hall–Kier alpha value is -2.42. The second-order valence-electron chi connectivity index (χ2n) is 9.55. The van der Waals surface area contributed by atoms with E-state index in [2.05, 4.69) is 65.0 Å². The molecule has 1 fully saturated rings. The average molecular weight is 531 g/mol. The number of hydrogen-bond donors (Lipinski definition) is 2. The number of anilines is 1. The third-order valence-electron chi connectivity index (χ3n) is 6.35. The number of rotatable bonds is 7. The minimum atomic E-state index is -0.587. The van der Waals surface area contributed by atoms with E-state index in [-0.39, 0.29) is 23.5 Å². The number of nitrogens with one attached hydrogen (secondary N) is 2. The molecule has 2 aliphatic rings. The number of amides is 3. The molecule has 34 heavy (non-hydrogen) atoms. The van der Waals surface area contributed by atoms with Crippen molar-refractivity contribution in [1.82, 2.24) is 15.1 Å². The van der Waals surface area contributed by atoms with Crippen LogP contribution in [0.4, 0.5) is 10.5 Å². The van der Waals surface area contributed by atoms with Gasteiger partial charge in [-0.1, -0.05) is 54.6 Å². The lowest BCUT2D eigenvalue weighted by atomic mass is 9.78. The molecule has 1 saturated heterocycles. The maximum absolute atomic E-state index is 13.0. The van der Waals surface area contributed by atoms with Gasteiger partial charge in [0.15, 0.2) is 0 Å². The Balaban J connectivity index is 1.63. The van der Waals surface area contributed by atoms with Crippen molar-refractivity contribution in [3.63, 3.8) is 0 Å². The smallest absolute Gasteiger partial charge is 0.322 e. The number of benzene rings is 1. The largest absolute Gasteiger partial charge is 0.380 e. The lowest BCUT2D eigenvalue weighted by molar-refractivity contribution is -0.124. The summed E-state index contributed by atoms with van der Waals surface area (Å²) in [5, 5.41) is 5.83. The van der Waals surface area contributed by atoms with Gasteiger partial charge in [0.05, 0.1) is 6.10 Å². The molecule has 0 bridgehead atoms. The standard InChI is InChI=1S/C26H35BrN4O3/c1-6-22-18(15-30(4)17-26(22,2)3)8-7-13-28-24(32)23-14-21(34-5)16-31(23)25(33)29-20-11-9-19(27)10-12-20/h6-12,21,23H,1,13-17H2,2-5H3,(H,28,32)(H,29,33)/b8-7-/t21?,23-/m1/s1. The van der Waals surface area contributed by atoms with Crippen LogP contribution in [0.5, 0.6) is 0 Å². The first-order valence-corrected chi connectivity index (χ1v) is 12.3. The lowest BCUT2D eigenvalue weighted by Gasteiger charge is -2.38. The Morgan fingerprint density at radius 2 is 2.00 bits per heavy atom. The summed E-state index contributed by atoms with van der Waals surface area (Å²) in [4.78, 5) is 29.7. The number of nitrogens with zero attached hydrogens (tertiary/aromatic N) is 2. The predicted octanol–water partition coefficient (Wildman–Crippen LogP) is 4.20. The fraction of sp³-hybridized carbons (Fsp3) is 0.462. The average Bonchev–Trinajstić information content (AvgIpc) is 3.22. The second-order valence-corrected chi connectivity index (χ2v) is 10.5. The van der Waals surface area contributed by atoms with Crippen LogP contribution in [-0.4, -0.2) is 74.2 Å². The van der Waals surface area contributed by atoms with Crippen LogP contribution in [0, 0.1) is 5.41 Å². The molecule has 8 heteroatoms. The molecule has 7 nitrogen and oxygen atoms in total. The van der Waals surface area contributed by atoms with Gasteiger partial charge in [-0.3, -0.25) is 4.79 Å². The number of allylic oxidation sites excluding steroid dienone is 1. The van der Waals surface area contributed by atoms with E-state index >= 15 is 0 Å². The minimum Gasteiger partial charge on any atom is -0.380 e. The van der Waals surface area contributed by atoms with E-state index in [4.69, 9.17) is 4.74 Å². The predicted molar refractivity (Wildman–Crippen MR) is 140 cm³/mol. The van der Waals surface area contributed by atoms with Crippen molar-refractivity contribution in [2.24, 2.45) is 5.41 Å². The van der Waals surface area contributed by atoms with Gasteiger partial charge in [-0.05, 0) is 42.5 Å². The first-order valence-electron chi connectivity index (χ1n) is 11.5. The highest BCUT2D eigenvalue weighted by atomic mass is 79.9. The van der Waals surface area contributed by atoms with Crippen LogP contribution >= 0.6 is 15.9 Å².